The molecule has 4 nitrogen and oxygen atoms in total. The first kappa shape index (κ1) is 31.6. The molecule has 3 rings (SSSR count). The normalized spacial score (nSPS) is 16.3. The first-order chi connectivity index (χ1) is 18.6. The van der Waals surface area contributed by atoms with Crippen LogP contribution < -0.4 is 5.32 Å². The van der Waals surface area contributed by atoms with E-state index < -0.39 is 25.9 Å². The molecule has 1 fully saturated rings. The highest BCUT2D eigenvalue weighted by molar-refractivity contribution is 7.32. The maximum atomic E-state index is 14.5. The van der Waals surface area contributed by atoms with Crippen molar-refractivity contribution in [2.24, 2.45) is 0 Å². The summed E-state index contributed by atoms with van der Waals surface area (Å²) in [6, 6.07) is 14.4. The van der Waals surface area contributed by atoms with Crippen LogP contribution in [-0.2, 0) is 33.4 Å². The summed E-state index contributed by atoms with van der Waals surface area (Å²) in [6.07, 6.45) is 3.90. The summed E-state index contributed by atoms with van der Waals surface area (Å²) in [7, 11) is -2.69. The van der Waals surface area contributed by atoms with Crippen LogP contribution in [0, 0.1) is 0 Å². The van der Waals surface area contributed by atoms with E-state index in [4.69, 9.17) is 4.89 Å². The van der Waals surface area contributed by atoms with Crippen molar-refractivity contribution in [3.63, 3.8) is 0 Å². The van der Waals surface area contributed by atoms with Crippen LogP contribution in [0.3, 0.4) is 0 Å². The molecular formula is C29H38F5NO3P+. The molecule has 1 aliphatic carbocycles. The monoisotopic (exact) mass is 574 g/mol. The molecular weight excluding hydrogens is 536 g/mol. The summed E-state index contributed by atoms with van der Waals surface area (Å²) in [5.74, 6) is -4.95. The van der Waals surface area contributed by atoms with Gasteiger partial charge in [0, 0.05) is 16.7 Å². The molecule has 0 bridgehead atoms. The van der Waals surface area contributed by atoms with Gasteiger partial charge in [-0.2, -0.15) is 22.0 Å². The number of nitrogens with one attached hydrogen (secondary N) is 1. The molecule has 1 unspecified atom stereocenters. The molecule has 39 heavy (non-hydrogen) atoms. The lowest BCUT2D eigenvalue weighted by atomic mass is 9.66. The van der Waals surface area contributed by atoms with Gasteiger partial charge in [0.1, 0.15) is 6.61 Å². The quantitative estimate of drug-likeness (QED) is 0.127. The second-order valence-electron chi connectivity index (χ2n) is 10.4. The van der Waals surface area contributed by atoms with Gasteiger partial charge in [0.2, 0.25) is 0 Å². The van der Waals surface area contributed by atoms with Crippen molar-refractivity contribution < 1.29 is 35.9 Å². The van der Waals surface area contributed by atoms with Crippen molar-refractivity contribution in [3.05, 3.63) is 70.8 Å². The van der Waals surface area contributed by atoms with Gasteiger partial charge >= 0.3 is 20.4 Å². The van der Waals surface area contributed by atoms with E-state index >= 15 is 0 Å². The lowest BCUT2D eigenvalue weighted by molar-refractivity contribution is -0.289. The van der Waals surface area contributed by atoms with Crippen molar-refractivity contribution in [1.82, 2.24) is 5.32 Å². The number of hydrogen-bond acceptors (Lipinski definition) is 3. The molecule has 2 N–H and O–H groups in total. The first-order valence-electron chi connectivity index (χ1n) is 13.7. The van der Waals surface area contributed by atoms with E-state index in [1.165, 1.54) is 30.9 Å². The Morgan fingerprint density at radius 3 is 2.31 bits per heavy atom. The molecule has 0 aromatic heterocycles. The third-order valence-corrected chi connectivity index (χ3v) is 8.10. The van der Waals surface area contributed by atoms with Crippen LogP contribution in [0.1, 0.15) is 86.5 Å². The van der Waals surface area contributed by atoms with E-state index in [9.17, 15) is 26.5 Å². The van der Waals surface area contributed by atoms with Crippen molar-refractivity contribution >= 4 is 8.25 Å². The molecule has 0 spiro atoms. The predicted octanol–water partition coefficient (Wildman–Crippen LogP) is 8.49. The van der Waals surface area contributed by atoms with Gasteiger partial charge in [0.25, 0.3) is 0 Å². The number of benzene rings is 2. The van der Waals surface area contributed by atoms with Crippen LogP contribution in [-0.4, -0.2) is 24.2 Å². The fourth-order valence-electron chi connectivity index (χ4n) is 5.63. The first-order valence-corrected chi connectivity index (χ1v) is 14.8. The highest BCUT2D eigenvalue weighted by Gasteiger charge is 2.59. The molecule has 0 heterocycles. The standard InChI is InChI=1S/C29H37F5NO3P/c30-28(31,29(32,33)34)26-21-23(22-35-19-10-20-38-39(36)37)14-15-24(26)11-4-2-7-16-27(17-8-3-9-18-27)25-12-5-1-6-13-25/h1,5-6,12-15,21,35H,2-4,7-11,16-20,22H2/p+1. The van der Waals surface area contributed by atoms with Gasteiger partial charge in [-0.05, 0) is 73.2 Å². The zero-order chi connectivity index (χ0) is 28.4. The number of unbranched alkanes of at least 4 members (excludes halogenated alkanes) is 2. The van der Waals surface area contributed by atoms with Gasteiger partial charge in [0.15, 0.2) is 0 Å². The summed E-state index contributed by atoms with van der Waals surface area (Å²) in [5.41, 5.74) is 0.829. The summed E-state index contributed by atoms with van der Waals surface area (Å²) in [4.78, 5) is 8.60. The zero-order valence-electron chi connectivity index (χ0n) is 22.1. The Bertz CT molecular complexity index is 1040. The minimum absolute atomic E-state index is 0.0247. The second kappa shape index (κ2) is 14.6. The highest BCUT2D eigenvalue weighted by atomic mass is 31.1. The van der Waals surface area contributed by atoms with Crippen LogP contribution in [0.25, 0.3) is 0 Å². The van der Waals surface area contributed by atoms with Gasteiger partial charge in [-0.1, -0.05) is 74.6 Å². The van der Waals surface area contributed by atoms with E-state index in [1.54, 1.807) is 6.07 Å². The molecule has 2 aromatic rings. The van der Waals surface area contributed by atoms with Crippen LogP contribution in [0.4, 0.5) is 22.0 Å². The third-order valence-electron chi connectivity index (χ3n) is 7.70. The molecule has 1 atom stereocenters. The molecule has 0 aliphatic heterocycles. The summed E-state index contributed by atoms with van der Waals surface area (Å²) < 4.78 is 84.0. The van der Waals surface area contributed by atoms with Gasteiger partial charge in [0.05, 0.1) is 0 Å². The highest BCUT2D eigenvalue weighted by Crippen LogP contribution is 2.46. The molecule has 0 saturated heterocycles. The number of hydrogen-bond donors (Lipinski definition) is 2. The molecule has 2 aromatic carbocycles. The van der Waals surface area contributed by atoms with E-state index in [0.717, 1.165) is 38.2 Å². The van der Waals surface area contributed by atoms with Crippen LogP contribution >= 0.6 is 8.25 Å². The summed E-state index contributed by atoms with van der Waals surface area (Å²) >= 11 is 0. The predicted molar refractivity (Wildman–Crippen MR) is 142 cm³/mol. The maximum Gasteiger partial charge on any atom is 0.694 e. The number of alkyl halides is 5. The molecule has 0 amide bonds. The number of aryl methyl sites for hydroxylation is 1. The Morgan fingerprint density at radius 1 is 0.923 bits per heavy atom. The fraction of sp³-hybridized carbons (Fsp3) is 0.586. The average molecular weight is 575 g/mol. The number of halogens is 5. The second-order valence-corrected chi connectivity index (χ2v) is 11.2. The Morgan fingerprint density at radius 2 is 1.64 bits per heavy atom. The van der Waals surface area contributed by atoms with E-state index in [1.807, 2.05) is 6.07 Å². The zero-order valence-corrected chi connectivity index (χ0v) is 23.0. The minimum Gasteiger partial charge on any atom is -0.313 e. The molecule has 1 aliphatic rings. The van der Waals surface area contributed by atoms with E-state index in [-0.39, 0.29) is 30.6 Å². The fourth-order valence-corrected chi connectivity index (χ4v) is 5.91. The number of rotatable bonds is 15. The van der Waals surface area contributed by atoms with E-state index in [0.29, 0.717) is 24.9 Å². The van der Waals surface area contributed by atoms with Crippen LogP contribution in [0.15, 0.2) is 48.5 Å². The van der Waals surface area contributed by atoms with Crippen molar-refractivity contribution in [3.8, 4) is 0 Å². The minimum atomic E-state index is -5.69. The Hall–Kier alpha value is -1.93. The summed E-state index contributed by atoms with van der Waals surface area (Å²) in [6.45, 7) is 0.468. The summed E-state index contributed by atoms with van der Waals surface area (Å²) in [5, 5.41) is 2.94. The molecule has 216 valence electrons. The van der Waals surface area contributed by atoms with Crippen molar-refractivity contribution in [2.45, 2.75) is 94.7 Å². The largest absolute Gasteiger partial charge is 0.694 e. The molecule has 1 saturated carbocycles. The average Bonchev–Trinajstić information content (AvgIpc) is 2.91. The molecule has 10 heteroatoms. The lowest BCUT2D eigenvalue weighted by Gasteiger charge is -2.38. The smallest absolute Gasteiger partial charge is 0.313 e. The lowest BCUT2D eigenvalue weighted by Crippen LogP contribution is -2.35. The van der Waals surface area contributed by atoms with Crippen LogP contribution in [0.2, 0.25) is 0 Å². The van der Waals surface area contributed by atoms with E-state index in [2.05, 4.69) is 34.1 Å². The van der Waals surface area contributed by atoms with Gasteiger partial charge < -0.3 is 5.32 Å². The van der Waals surface area contributed by atoms with Gasteiger partial charge in [-0.3, -0.25) is 0 Å². The van der Waals surface area contributed by atoms with Gasteiger partial charge in [-0.25, -0.2) is 0 Å². The van der Waals surface area contributed by atoms with Crippen molar-refractivity contribution in [1.29, 1.82) is 0 Å². The Balaban J connectivity index is 1.60. The Labute approximate surface area is 228 Å². The molecule has 0 radical (unpaired) electrons. The third kappa shape index (κ3) is 9.04. The van der Waals surface area contributed by atoms with Gasteiger partial charge in [-0.15, -0.1) is 9.42 Å². The topological polar surface area (TPSA) is 58.6 Å². The maximum absolute atomic E-state index is 14.5. The van der Waals surface area contributed by atoms with Crippen LogP contribution in [0.5, 0.6) is 0 Å². The Kier molecular flexibility index (Phi) is 11.9. The van der Waals surface area contributed by atoms with Crippen molar-refractivity contribution in [2.75, 3.05) is 13.2 Å². The SMILES string of the molecule is O=[P+](O)OCCCNCc1ccc(CCCCCC2(c3ccccc3)CCCCC2)c(C(F)(F)C(F)(F)F)c1.